The third-order valence-electron chi connectivity index (χ3n) is 4.94. The van der Waals surface area contributed by atoms with Crippen LogP contribution >= 0.6 is 0 Å². The molecule has 4 rings (SSSR count). The number of hydrogen-bond acceptors (Lipinski definition) is 4. The monoisotopic (exact) mass is 386 g/mol. The molecule has 0 bridgehead atoms. The van der Waals surface area contributed by atoms with E-state index >= 15 is 0 Å². The van der Waals surface area contributed by atoms with Crippen LogP contribution in [0.25, 0.3) is 22.5 Å². The van der Waals surface area contributed by atoms with Crippen LogP contribution in [0.1, 0.15) is 18.2 Å². The van der Waals surface area contributed by atoms with Crippen molar-refractivity contribution in [1.29, 1.82) is 0 Å². The van der Waals surface area contributed by atoms with E-state index in [0.717, 1.165) is 27.9 Å². The number of rotatable bonds is 7. The van der Waals surface area contributed by atoms with E-state index in [1.165, 1.54) is 0 Å². The van der Waals surface area contributed by atoms with Crippen molar-refractivity contribution in [2.75, 3.05) is 0 Å². The average Bonchev–Trinajstić information content (AvgIpc) is 3.39. The maximum absolute atomic E-state index is 12.6. The lowest BCUT2D eigenvalue weighted by molar-refractivity contribution is 0.660. The van der Waals surface area contributed by atoms with Gasteiger partial charge in [-0.1, -0.05) is 54.6 Å². The zero-order valence-corrected chi connectivity index (χ0v) is 16.2. The zero-order valence-electron chi connectivity index (χ0n) is 16.2. The van der Waals surface area contributed by atoms with Gasteiger partial charge >= 0.3 is 5.69 Å². The Bertz CT molecular complexity index is 1170. The Hall–Kier alpha value is -3.74. The summed E-state index contributed by atoms with van der Waals surface area (Å²) in [6.07, 6.45) is 4.40. The smallest absolute Gasteiger partial charge is 0.299 e. The van der Waals surface area contributed by atoms with Gasteiger partial charge in [0.25, 0.3) is 0 Å². The summed E-state index contributed by atoms with van der Waals surface area (Å²) in [6, 6.07) is 16.2. The van der Waals surface area contributed by atoms with Gasteiger partial charge < -0.3 is 0 Å². The number of aryl methyl sites for hydroxylation is 1. The first-order chi connectivity index (χ1) is 14.2. The van der Waals surface area contributed by atoms with Crippen LogP contribution in [0, 0.1) is 0 Å². The Morgan fingerprint density at radius 3 is 2.52 bits per heavy atom. The lowest BCUT2D eigenvalue weighted by atomic mass is 9.98. The molecule has 0 aliphatic heterocycles. The fraction of sp³-hybridized carbons (Fsp3) is 0.182. The number of allylic oxidation sites excluding steroid dienone is 1. The topological polar surface area (TPSA) is 81.4 Å². The number of H-pyrrole nitrogens is 1. The third-order valence-corrected chi connectivity index (χ3v) is 4.94. The maximum atomic E-state index is 12.6. The molecular weight excluding hydrogens is 364 g/mol. The van der Waals surface area contributed by atoms with E-state index in [0.29, 0.717) is 25.3 Å². The number of nitrogens with zero attached hydrogens (tertiary/aromatic N) is 5. The predicted molar refractivity (Wildman–Crippen MR) is 112 cm³/mol. The number of nitrogens with one attached hydrogen (secondary N) is 1. The van der Waals surface area contributed by atoms with Crippen molar-refractivity contribution in [3.63, 3.8) is 0 Å². The van der Waals surface area contributed by atoms with E-state index in [9.17, 15) is 4.79 Å². The third kappa shape index (κ3) is 3.67. The molecule has 0 saturated heterocycles. The molecule has 0 aliphatic rings. The molecule has 146 valence electrons. The summed E-state index contributed by atoms with van der Waals surface area (Å²) >= 11 is 0. The lowest BCUT2D eigenvalue weighted by Crippen LogP contribution is -2.25. The van der Waals surface area contributed by atoms with E-state index in [4.69, 9.17) is 0 Å². The van der Waals surface area contributed by atoms with E-state index < -0.39 is 0 Å². The van der Waals surface area contributed by atoms with Crippen molar-refractivity contribution in [3.8, 4) is 22.5 Å². The first-order valence-corrected chi connectivity index (χ1v) is 9.53. The van der Waals surface area contributed by atoms with Gasteiger partial charge in [-0.05, 0) is 28.8 Å². The van der Waals surface area contributed by atoms with Gasteiger partial charge in [-0.2, -0.15) is 5.21 Å². The van der Waals surface area contributed by atoms with Gasteiger partial charge in [0.2, 0.25) is 5.82 Å². The van der Waals surface area contributed by atoms with Gasteiger partial charge in [0.15, 0.2) is 0 Å². The fourth-order valence-corrected chi connectivity index (χ4v) is 3.47. The number of benzene rings is 2. The van der Waals surface area contributed by atoms with Crippen LogP contribution < -0.4 is 5.69 Å². The highest BCUT2D eigenvalue weighted by atomic mass is 16.1. The number of tetrazole rings is 1. The summed E-state index contributed by atoms with van der Waals surface area (Å²) in [5.41, 5.74) is 5.04. The van der Waals surface area contributed by atoms with Gasteiger partial charge in [0.05, 0.1) is 6.54 Å². The summed E-state index contributed by atoms with van der Waals surface area (Å²) in [7, 11) is 0. The minimum Gasteiger partial charge on any atom is -0.299 e. The number of imidazole rings is 1. The minimum atomic E-state index is 0.0101. The Balaban J connectivity index is 1.65. The van der Waals surface area contributed by atoms with Crippen molar-refractivity contribution in [3.05, 3.63) is 89.1 Å². The molecule has 4 aromatic rings. The largest absolute Gasteiger partial charge is 0.328 e. The Labute approximate surface area is 168 Å². The predicted octanol–water partition coefficient (Wildman–Crippen LogP) is 3.29. The summed E-state index contributed by atoms with van der Waals surface area (Å²) in [6.45, 7) is 6.96. The van der Waals surface area contributed by atoms with Crippen molar-refractivity contribution < 1.29 is 0 Å². The van der Waals surface area contributed by atoms with Crippen molar-refractivity contribution in [2.45, 2.75) is 26.4 Å². The van der Waals surface area contributed by atoms with E-state index in [1.54, 1.807) is 4.57 Å². The summed E-state index contributed by atoms with van der Waals surface area (Å²) in [5, 5.41) is 14.4. The molecule has 29 heavy (non-hydrogen) atoms. The maximum Gasteiger partial charge on any atom is 0.328 e. The highest BCUT2D eigenvalue weighted by Crippen LogP contribution is 2.29. The molecule has 0 atom stereocenters. The van der Waals surface area contributed by atoms with Crippen LogP contribution in [0.5, 0.6) is 0 Å². The van der Waals surface area contributed by atoms with E-state index in [1.807, 2.05) is 48.0 Å². The molecule has 2 aromatic heterocycles. The molecule has 0 amide bonds. The molecule has 2 aromatic carbocycles. The van der Waals surface area contributed by atoms with Crippen molar-refractivity contribution in [1.82, 2.24) is 29.8 Å². The van der Waals surface area contributed by atoms with Gasteiger partial charge in [-0.15, -0.1) is 16.8 Å². The average molecular weight is 386 g/mol. The molecule has 7 heteroatoms. The first kappa shape index (κ1) is 18.6. The van der Waals surface area contributed by atoms with E-state index in [-0.39, 0.29) is 5.69 Å². The fourth-order valence-electron chi connectivity index (χ4n) is 3.47. The molecule has 7 nitrogen and oxygen atoms in total. The van der Waals surface area contributed by atoms with E-state index in [2.05, 4.69) is 51.5 Å². The molecule has 0 fully saturated rings. The minimum absolute atomic E-state index is 0.0101. The van der Waals surface area contributed by atoms with Crippen LogP contribution in [-0.2, 0) is 19.5 Å². The molecule has 0 spiro atoms. The Kier molecular flexibility index (Phi) is 5.20. The first-order valence-electron chi connectivity index (χ1n) is 9.53. The molecule has 0 unspecified atom stereocenters. The van der Waals surface area contributed by atoms with Gasteiger partial charge in [0.1, 0.15) is 0 Å². The van der Waals surface area contributed by atoms with Crippen LogP contribution in [-0.4, -0.2) is 29.8 Å². The second-order valence-corrected chi connectivity index (χ2v) is 6.75. The normalized spacial score (nSPS) is 10.9. The molecular formula is C22H22N6O. The number of aromatic nitrogens is 6. The molecule has 2 heterocycles. The second-order valence-electron chi connectivity index (χ2n) is 6.75. The summed E-state index contributed by atoms with van der Waals surface area (Å²) in [5.74, 6) is 0.561. The Morgan fingerprint density at radius 2 is 1.86 bits per heavy atom. The van der Waals surface area contributed by atoms with Crippen molar-refractivity contribution >= 4 is 0 Å². The summed E-state index contributed by atoms with van der Waals surface area (Å²) < 4.78 is 3.54. The number of aromatic amines is 1. The highest BCUT2D eigenvalue weighted by Gasteiger charge is 2.12. The molecule has 0 aliphatic carbocycles. The number of hydrogen-bond donors (Lipinski definition) is 1. The van der Waals surface area contributed by atoms with Gasteiger partial charge in [-0.25, -0.2) is 4.79 Å². The molecule has 0 radical (unpaired) electrons. The van der Waals surface area contributed by atoms with Crippen LogP contribution in [0.4, 0.5) is 0 Å². The quantitative estimate of drug-likeness (QED) is 0.494. The standard InChI is InChI=1S/C22H22N6O/c1-3-7-18-15-27(4-2)22(29)28(18)14-16-10-12-17(13-11-16)19-8-5-6-9-20(19)21-23-25-26-24-21/h3,5-6,8-13,15H,1,4,7,14H2,2H3,(H,23,24,25,26). The van der Waals surface area contributed by atoms with Gasteiger partial charge in [0, 0.05) is 30.4 Å². The summed E-state index contributed by atoms with van der Waals surface area (Å²) in [4.78, 5) is 12.6. The zero-order chi connectivity index (χ0) is 20.2. The molecule has 0 saturated carbocycles. The van der Waals surface area contributed by atoms with Crippen molar-refractivity contribution in [2.24, 2.45) is 0 Å². The Morgan fingerprint density at radius 1 is 1.10 bits per heavy atom. The van der Waals surface area contributed by atoms with Crippen LogP contribution in [0.15, 0.2) is 72.2 Å². The van der Waals surface area contributed by atoms with Crippen LogP contribution in [0.2, 0.25) is 0 Å². The van der Waals surface area contributed by atoms with Gasteiger partial charge in [-0.3, -0.25) is 9.13 Å². The lowest BCUT2D eigenvalue weighted by Gasteiger charge is -2.09. The SMILES string of the molecule is C=CCc1cn(CC)c(=O)n1Cc1ccc(-c2ccccc2-c2nn[nH]n2)cc1. The molecule has 1 N–H and O–H groups in total. The second kappa shape index (κ2) is 8.10. The van der Waals surface area contributed by atoms with Crippen LogP contribution in [0.3, 0.4) is 0 Å². The highest BCUT2D eigenvalue weighted by molar-refractivity contribution is 5.80.